The molecule has 4 heteroatoms. The second-order valence-corrected chi connectivity index (χ2v) is 8.91. The van der Waals surface area contributed by atoms with E-state index in [2.05, 4.69) is 30.3 Å². The van der Waals surface area contributed by atoms with Gasteiger partial charge in [0.1, 0.15) is 9.42 Å². The van der Waals surface area contributed by atoms with Crippen LogP contribution in [0.3, 0.4) is 0 Å². The van der Waals surface area contributed by atoms with Crippen molar-refractivity contribution >= 4 is 46.7 Å². The highest BCUT2D eigenvalue weighted by atomic mass is 35.5. The van der Waals surface area contributed by atoms with Gasteiger partial charge in [-0.2, -0.15) is 0 Å². The number of hydrogen-bond acceptors (Lipinski definition) is 2. The topological polar surface area (TPSA) is 0 Å². The SMILES string of the molecule is ClC(Sc1ccccc1)c1cccc(C(Cl)Sc2ccccc2)c1. The molecule has 0 radical (unpaired) electrons. The molecule has 0 aliphatic carbocycles. The Morgan fingerprint density at radius 1 is 0.542 bits per heavy atom. The van der Waals surface area contributed by atoms with Gasteiger partial charge >= 0.3 is 0 Å². The zero-order chi connectivity index (χ0) is 16.8. The minimum atomic E-state index is -0.141. The van der Waals surface area contributed by atoms with Gasteiger partial charge in [-0.1, -0.05) is 60.7 Å². The van der Waals surface area contributed by atoms with Crippen molar-refractivity contribution in [3.63, 3.8) is 0 Å². The van der Waals surface area contributed by atoms with Gasteiger partial charge in [0.2, 0.25) is 0 Å². The summed E-state index contributed by atoms with van der Waals surface area (Å²) < 4.78 is -0.282. The third kappa shape index (κ3) is 4.97. The molecular weight excluding hydrogens is 375 g/mol. The first-order chi connectivity index (χ1) is 11.7. The Bertz CT molecular complexity index is 700. The van der Waals surface area contributed by atoms with Crippen molar-refractivity contribution in [1.29, 1.82) is 0 Å². The zero-order valence-electron chi connectivity index (χ0n) is 12.8. The lowest BCUT2D eigenvalue weighted by Gasteiger charge is -2.14. The summed E-state index contributed by atoms with van der Waals surface area (Å²) >= 11 is 16.5. The Hall–Kier alpha value is -1.06. The molecule has 0 aromatic heterocycles. The van der Waals surface area contributed by atoms with Crippen LogP contribution in [0.2, 0.25) is 0 Å². The van der Waals surface area contributed by atoms with Gasteiger partial charge in [-0.3, -0.25) is 0 Å². The van der Waals surface area contributed by atoms with E-state index < -0.39 is 0 Å². The molecule has 0 saturated carbocycles. The van der Waals surface area contributed by atoms with E-state index in [0.717, 1.165) is 20.9 Å². The molecule has 3 aromatic carbocycles. The average molecular weight is 391 g/mol. The monoisotopic (exact) mass is 390 g/mol. The fourth-order valence-electron chi connectivity index (χ4n) is 2.21. The minimum absolute atomic E-state index is 0.141. The third-order valence-electron chi connectivity index (χ3n) is 3.40. The van der Waals surface area contributed by atoms with Crippen molar-refractivity contribution in [1.82, 2.24) is 0 Å². The molecule has 24 heavy (non-hydrogen) atoms. The Labute approximate surface area is 161 Å². The summed E-state index contributed by atoms with van der Waals surface area (Å²) in [5.74, 6) is 0. The van der Waals surface area contributed by atoms with Crippen molar-refractivity contribution < 1.29 is 0 Å². The molecule has 0 N–H and O–H groups in total. The van der Waals surface area contributed by atoms with Crippen LogP contribution in [-0.2, 0) is 0 Å². The van der Waals surface area contributed by atoms with Crippen molar-refractivity contribution in [2.24, 2.45) is 0 Å². The maximum atomic E-state index is 6.59. The molecular formula is C20H16Cl2S2. The molecule has 0 spiro atoms. The van der Waals surface area contributed by atoms with Gasteiger partial charge in [-0.15, -0.1) is 46.7 Å². The molecule has 0 amide bonds. The van der Waals surface area contributed by atoms with Crippen molar-refractivity contribution in [3.8, 4) is 0 Å². The summed E-state index contributed by atoms with van der Waals surface area (Å²) in [7, 11) is 0. The van der Waals surface area contributed by atoms with Gasteiger partial charge in [-0.25, -0.2) is 0 Å². The number of alkyl halides is 2. The molecule has 0 aliphatic rings. The Kier molecular flexibility index (Phi) is 6.56. The average Bonchev–Trinajstić information content (AvgIpc) is 2.63. The standard InChI is InChI=1S/C20H16Cl2S2/c21-19(23-17-10-3-1-4-11-17)15-8-7-9-16(14-15)20(22)24-18-12-5-2-6-13-18/h1-14,19-20H. The lowest BCUT2D eigenvalue weighted by molar-refractivity contribution is 1.27. The maximum absolute atomic E-state index is 6.59. The van der Waals surface area contributed by atoms with Crippen LogP contribution >= 0.6 is 46.7 Å². The summed E-state index contributed by atoms with van der Waals surface area (Å²) in [5.41, 5.74) is 2.14. The molecule has 3 rings (SSSR count). The van der Waals surface area contributed by atoms with Crippen LogP contribution < -0.4 is 0 Å². The molecule has 0 aliphatic heterocycles. The molecule has 2 unspecified atom stereocenters. The van der Waals surface area contributed by atoms with Crippen LogP contribution in [0.1, 0.15) is 20.5 Å². The fourth-order valence-corrected chi connectivity index (χ4v) is 4.78. The highest BCUT2D eigenvalue weighted by Gasteiger charge is 2.14. The third-order valence-corrected chi connectivity index (χ3v) is 6.49. The number of thioether (sulfide) groups is 2. The molecule has 0 nitrogen and oxygen atoms in total. The molecule has 3 aromatic rings. The second-order valence-electron chi connectivity index (χ2n) is 5.16. The first-order valence-electron chi connectivity index (χ1n) is 7.54. The van der Waals surface area contributed by atoms with Crippen LogP contribution in [0, 0.1) is 0 Å². The number of hydrogen-bond donors (Lipinski definition) is 0. The lowest BCUT2D eigenvalue weighted by Crippen LogP contribution is -1.91. The van der Waals surface area contributed by atoms with E-state index in [1.807, 2.05) is 54.6 Å². The van der Waals surface area contributed by atoms with Crippen LogP contribution in [0.5, 0.6) is 0 Å². The summed E-state index contributed by atoms with van der Waals surface area (Å²) in [4.78, 5) is 2.31. The van der Waals surface area contributed by atoms with E-state index >= 15 is 0 Å². The van der Waals surface area contributed by atoms with Crippen LogP contribution in [0.4, 0.5) is 0 Å². The number of rotatable bonds is 6. The smallest absolute Gasteiger partial charge is 0.105 e. The van der Waals surface area contributed by atoms with Gasteiger partial charge < -0.3 is 0 Å². The predicted molar refractivity (Wildman–Crippen MR) is 108 cm³/mol. The Morgan fingerprint density at radius 3 is 1.38 bits per heavy atom. The maximum Gasteiger partial charge on any atom is 0.108 e. The minimum Gasteiger partial charge on any atom is -0.105 e. The van der Waals surface area contributed by atoms with Crippen molar-refractivity contribution in [2.75, 3.05) is 0 Å². The first kappa shape index (κ1) is 17.8. The van der Waals surface area contributed by atoms with Crippen LogP contribution in [-0.4, -0.2) is 0 Å². The number of benzene rings is 3. The van der Waals surface area contributed by atoms with Crippen LogP contribution in [0.25, 0.3) is 0 Å². The summed E-state index contributed by atoms with van der Waals surface area (Å²) in [6.07, 6.45) is 0. The van der Waals surface area contributed by atoms with Crippen molar-refractivity contribution in [3.05, 3.63) is 96.1 Å². The van der Waals surface area contributed by atoms with E-state index in [9.17, 15) is 0 Å². The van der Waals surface area contributed by atoms with E-state index in [1.54, 1.807) is 23.5 Å². The summed E-state index contributed by atoms with van der Waals surface area (Å²) in [6, 6.07) is 28.6. The molecule has 2 atom stereocenters. The van der Waals surface area contributed by atoms with Gasteiger partial charge in [0.05, 0.1) is 0 Å². The molecule has 0 fully saturated rings. The quantitative estimate of drug-likeness (QED) is 0.311. The summed E-state index contributed by atoms with van der Waals surface area (Å²) in [5, 5.41) is 0. The predicted octanol–water partition coefficient (Wildman–Crippen LogP) is 7.75. The van der Waals surface area contributed by atoms with Crippen molar-refractivity contribution in [2.45, 2.75) is 19.2 Å². The lowest BCUT2D eigenvalue weighted by atomic mass is 10.2. The van der Waals surface area contributed by atoms with E-state index in [0.29, 0.717) is 0 Å². The van der Waals surface area contributed by atoms with Gasteiger partial charge in [0.25, 0.3) is 0 Å². The van der Waals surface area contributed by atoms with E-state index in [1.165, 1.54) is 0 Å². The summed E-state index contributed by atoms with van der Waals surface area (Å²) in [6.45, 7) is 0. The second kappa shape index (κ2) is 8.87. The molecule has 0 heterocycles. The van der Waals surface area contributed by atoms with E-state index in [4.69, 9.17) is 23.2 Å². The number of halogens is 2. The molecule has 122 valence electrons. The van der Waals surface area contributed by atoms with Gasteiger partial charge in [0, 0.05) is 9.79 Å². The van der Waals surface area contributed by atoms with Gasteiger partial charge in [-0.05, 0) is 35.4 Å². The Balaban J connectivity index is 1.71. The highest BCUT2D eigenvalue weighted by Crippen LogP contribution is 2.42. The van der Waals surface area contributed by atoms with Crippen LogP contribution in [0.15, 0.2) is 94.7 Å². The zero-order valence-corrected chi connectivity index (χ0v) is 16.0. The van der Waals surface area contributed by atoms with Gasteiger partial charge in [0.15, 0.2) is 0 Å². The highest BCUT2D eigenvalue weighted by molar-refractivity contribution is 8.01. The first-order valence-corrected chi connectivity index (χ1v) is 10.2. The Morgan fingerprint density at radius 2 is 0.958 bits per heavy atom. The molecule has 0 saturated heterocycles. The molecule has 0 bridgehead atoms. The largest absolute Gasteiger partial charge is 0.108 e. The normalized spacial score (nSPS) is 13.4. The van der Waals surface area contributed by atoms with E-state index in [-0.39, 0.29) is 9.42 Å². The fraction of sp³-hybridized carbons (Fsp3) is 0.100.